The third kappa shape index (κ3) is 2.93. The normalized spacial score (nSPS) is 30.8. The number of carbonyl (C=O) groups is 2. The molecular formula is C16H28N2O3. The van der Waals surface area contributed by atoms with Crippen LogP contribution in [0.1, 0.15) is 47.5 Å². The Bertz CT molecular complexity index is 443. The first kappa shape index (κ1) is 16.3. The van der Waals surface area contributed by atoms with Gasteiger partial charge in [-0.2, -0.15) is 0 Å². The van der Waals surface area contributed by atoms with Gasteiger partial charge < -0.3 is 15.0 Å². The second kappa shape index (κ2) is 5.27. The predicted octanol–water partition coefficient (Wildman–Crippen LogP) is 1.56. The van der Waals surface area contributed by atoms with E-state index >= 15 is 0 Å². The summed E-state index contributed by atoms with van der Waals surface area (Å²) in [6, 6.07) is -0.418. The Kier molecular flexibility index (Phi) is 4.08. The molecule has 120 valence electrons. The third-order valence-corrected chi connectivity index (χ3v) is 4.82. The number of methoxy groups -OCH3 is 1. The Labute approximate surface area is 127 Å². The maximum Gasteiger partial charge on any atom is 0.249 e. The molecule has 0 aromatic heterocycles. The van der Waals surface area contributed by atoms with Gasteiger partial charge >= 0.3 is 0 Å². The van der Waals surface area contributed by atoms with Gasteiger partial charge in [-0.25, -0.2) is 0 Å². The maximum absolute atomic E-state index is 13.0. The van der Waals surface area contributed by atoms with Crippen LogP contribution in [0.25, 0.3) is 0 Å². The number of ether oxygens (including phenoxy) is 1. The van der Waals surface area contributed by atoms with Crippen molar-refractivity contribution in [2.45, 2.75) is 64.6 Å². The van der Waals surface area contributed by atoms with Crippen LogP contribution in [-0.4, -0.2) is 47.6 Å². The first-order valence-electron chi connectivity index (χ1n) is 7.80. The van der Waals surface area contributed by atoms with Gasteiger partial charge in [0.2, 0.25) is 11.8 Å². The molecule has 5 heteroatoms. The summed E-state index contributed by atoms with van der Waals surface area (Å²) in [4.78, 5) is 27.3. The summed E-state index contributed by atoms with van der Waals surface area (Å²) in [6.07, 6.45) is 2.02. The van der Waals surface area contributed by atoms with Crippen LogP contribution in [0.5, 0.6) is 0 Å². The molecule has 2 aliphatic rings. The smallest absolute Gasteiger partial charge is 0.249 e. The number of amides is 2. The van der Waals surface area contributed by atoms with Crippen molar-refractivity contribution in [2.24, 2.45) is 11.8 Å². The summed E-state index contributed by atoms with van der Waals surface area (Å²) in [7, 11) is 1.64. The summed E-state index contributed by atoms with van der Waals surface area (Å²) < 4.78 is 5.47. The van der Waals surface area contributed by atoms with E-state index in [4.69, 9.17) is 4.74 Å². The number of nitrogens with one attached hydrogen (secondary N) is 1. The monoisotopic (exact) mass is 296 g/mol. The minimum absolute atomic E-state index is 0.0356. The van der Waals surface area contributed by atoms with Crippen LogP contribution in [0.3, 0.4) is 0 Å². The van der Waals surface area contributed by atoms with E-state index in [9.17, 15) is 9.59 Å². The number of nitrogens with zero attached hydrogens (tertiary/aromatic N) is 1. The van der Waals surface area contributed by atoms with Gasteiger partial charge in [-0.3, -0.25) is 9.59 Å². The fourth-order valence-electron chi connectivity index (χ4n) is 3.19. The number of piperazine rings is 1. The maximum atomic E-state index is 13.0. The van der Waals surface area contributed by atoms with Crippen LogP contribution < -0.4 is 5.32 Å². The van der Waals surface area contributed by atoms with Gasteiger partial charge in [-0.1, -0.05) is 13.8 Å². The van der Waals surface area contributed by atoms with E-state index in [0.29, 0.717) is 6.54 Å². The second-order valence-electron chi connectivity index (χ2n) is 7.55. The molecule has 1 N–H and O–H groups in total. The highest BCUT2D eigenvalue weighted by molar-refractivity contribution is 6.00. The number of hydrogen-bond acceptors (Lipinski definition) is 3. The standard InChI is InChI=1S/C16H28N2O3/c1-10(2)12-13(19)17-16(5,11-7-8-11)14(20)18(12)9-15(3,4)21-6/h10-12H,7-9H2,1-6H3,(H,17,19). The Morgan fingerprint density at radius 1 is 1.38 bits per heavy atom. The molecule has 21 heavy (non-hydrogen) atoms. The lowest BCUT2D eigenvalue weighted by molar-refractivity contribution is -0.161. The van der Waals surface area contributed by atoms with Gasteiger partial charge in [0.25, 0.3) is 0 Å². The van der Waals surface area contributed by atoms with Gasteiger partial charge in [0, 0.05) is 7.11 Å². The van der Waals surface area contributed by atoms with Crippen molar-refractivity contribution in [3.8, 4) is 0 Å². The van der Waals surface area contributed by atoms with E-state index in [2.05, 4.69) is 5.32 Å². The molecule has 1 heterocycles. The van der Waals surface area contributed by atoms with Crippen molar-refractivity contribution in [1.29, 1.82) is 0 Å². The highest BCUT2D eigenvalue weighted by Crippen LogP contribution is 2.43. The summed E-state index contributed by atoms with van der Waals surface area (Å²) in [5.74, 6) is 0.347. The van der Waals surface area contributed by atoms with E-state index in [1.807, 2.05) is 34.6 Å². The molecule has 2 atom stereocenters. The molecule has 1 saturated carbocycles. The lowest BCUT2D eigenvalue weighted by atomic mass is 9.86. The van der Waals surface area contributed by atoms with Gasteiger partial charge in [-0.05, 0) is 45.4 Å². The first-order valence-corrected chi connectivity index (χ1v) is 7.80. The Hall–Kier alpha value is -1.10. The minimum Gasteiger partial charge on any atom is -0.377 e. The van der Waals surface area contributed by atoms with Crippen molar-refractivity contribution in [3.63, 3.8) is 0 Å². The quantitative estimate of drug-likeness (QED) is 0.837. The van der Waals surface area contributed by atoms with Crippen LogP contribution in [0.2, 0.25) is 0 Å². The van der Waals surface area contributed by atoms with Gasteiger partial charge in [0.05, 0.1) is 12.1 Å². The Morgan fingerprint density at radius 3 is 2.38 bits per heavy atom. The largest absolute Gasteiger partial charge is 0.377 e. The highest BCUT2D eigenvalue weighted by atomic mass is 16.5. The predicted molar refractivity (Wildman–Crippen MR) is 80.7 cm³/mol. The molecule has 0 aromatic carbocycles. The molecule has 2 unspecified atom stereocenters. The fourth-order valence-corrected chi connectivity index (χ4v) is 3.19. The van der Waals surface area contributed by atoms with Crippen LogP contribution in [0.15, 0.2) is 0 Å². The molecule has 1 saturated heterocycles. The number of hydrogen-bond donors (Lipinski definition) is 1. The zero-order valence-electron chi connectivity index (χ0n) is 14.0. The van der Waals surface area contributed by atoms with Gasteiger partial charge in [0.1, 0.15) is 11.6 Å². The Morgan fingerprint density at radius 2 is 1.95 bits per heavy atom. The summed E-state index contributed by atoms with van der Waals surface area (Å²) in [6.45, 7) is 10.1. The average molecular weight is 296 g/mol. The van der Waals surface area contributed by atoms with Crippen molar-refractivity contribution in [3.05, 3.63) is 0 Å². The average Bonchev–Trinajstić information content (AvgIpc) is 3.19. The van der Waals surface area contributed by atoms with Crippen molar-refractivity contribution >= 4 is 11.8 Å². The van der Waals surface area contributed by atoms with Crippen molar-refractivity contribution in [2.75, 3.05) is 13.7 Å². The summed E-state index contributed by atoms with van der Waals surface area (Å²) in [5.41, 5.74) is -1.21. The number of carbonyl (C=O) groups excluding carboxylic acids is 2. The zero-order valence-corrected chi connectivity index (χ0v) is 14.0. The van der Waals surface area contributed by atoms with Crippen molar-refractivity contribution in [1.82, 2.24) is 10.2 Å². The molecule has 2 amide bonds. The zero-order chi connectivity index (χ0) is 16.0. The lowest BCUT2D eigenvalue weighted by Crippen LogP contribution is -2.72. The van der Waals surface area contributed by atoms with Crippen LogP contribution in [-0.2, 0) is 14.3 Å². The molecule has 5 nitrogen and oxygen atoms in total. The molecule has 0 aromatic rings. The molecule has 1 aliphatic carbocycles. The first-order chi connectivity index (χ1) is 9.62. The molecule has 2 fully saturated rings. The summed E-state index contributed by atoms with van der Waals surface area (Å²) >= 11 is 0. The van der Waals surface area contributed by atoms with Gasteiger partial charge in [-0.15, -0.1) is 0 Å². The van der Waals surface area contributed by atoms with E-state index in [1.165, 1.54) is 0 Å². The van der Waals surface area contributed by atoms with Crippen LogP contribution >= 0.6 is 0 Å². The van der Waals surface area contributed by atoms with E-state index in [0.717, 1.165) is 12.8 Å². The van der Waals surface area contributed by atoms with Gasteiger partial charge in [0.15, 0.2) is 0 Å². The van der Waals surface area contributed by atoms with E-state index < -0.39 is 17.2 Å². The van der Waals surface area contributed by atoms with E-state index in [1.54, 1.807) is 12.0 Å². The molecule has 0 radical (unpaired) electrons. The molecule has 0 spiro atoms. The van der Waals surface area contributed by atoms with Crippen molar-refractivity contribution < 1.29 is 14.3 Å². The molecule has 2 rings (SSSR count). The summed E-state index contributed by atoms with van der Waals surface area (Å²) in [5, 5.41) is 3.00. The van der Waals surface area contributed by atoms with Crippen LogP contribution in [0, 0.1) is 11.8 Å². The lowest BCUT2D eigenvalue weighted by Gasteiger charge is -2.48. The fraction of sp³-hybridized carbons (Fsp3) is 0.875. The highest BCUT2D eigenvalue weighted by Gasteiger charge is 2.56. The third-order valence-electron chi connectivity index (χ3n) is 4.82. The minimum atomic E-state index is -0.744. The Balaban J connectivity index is 2.33. The van der Waals surface area contributed by atoms with E-state index in [-0.39, 0.29) is 23.7 Å². The molecule has 0 bridgehead atoms. The second-order valence-corrected chi connectivity index (χ2v) is 7.55. The number of rotatable bonds is 5. The molecular weight excluding hydrogens is 268 g/mol. The topological polar surface area (TPSA) is 58.6 Å². The van der Waals surface area contributed by atoms with Crippen LogP contribution in [0.4, 0.5) is 0 Å². The SMILES string of the molecule is COC(C)(C)CN1C(=O)C(C)(C2CC2)NC(=O)C1C(C)C. The molecule has 1 aliphatic heterocycles.